The Kier molecular flexibility index (Phi) is 3.72. The molecule has 0 bridgehead atoms. The Morgan fingerprint density at radius 2 is 1.88 bits per heavy atom. The summed E-state index contributed by atoms with van der Waals surface area (Å²) in [7, 11) is 2.19. The Hall–Kier alpha value is -0.730. The molecule has 1 heterocycles. The molecule has 0 aliphatic carbocycles. The highest BCUT2D eigenvalue weighted by atomic mass is 35.5. The molecule has 1 aliphatic heterocycles. The van der Waals surface area contributed by atoms with E-state index >= 15 is 0 Å². The van der Waals surface area contributed by atoms with Gasteiger partial charge in [0.25, 0.3) is 0 Å². The summed E-state index contributed by atoms with van der Waals surface area (Å²) in [6, 6.07) is 6.30. The van der Waals surface area contributed by atoms with Crippen molar-refractivity contribution in [3.8, 4) is 0 Å². The lowest BCUT2D eigenvalue weighted by molar-refractivity contribution is 0.360. The van der Waals surface area contributed by atoms with Crippen molar-refractivity contribution < 1.29 is 0 Å². The van der Waals surface area contributed by atoms with Crippen LogP contribution in [-0.2, 0) is 0 Å². The number of benzene rings is 1. The van der Waals surface area contributed by atoms with Crippen LogP contribution < -0.4 is 4.90 Å². The van der Waals surface area contributed by atoms with Crippen LogP contribution in [-0.4, -0.2) is 38.1 Å². The second kappa shape index (κ2) is 5.07. The third kappa shape index (κ3) is 2.89. The van der Waals surface area contributed by atoms with Crippen molar-refractivity contribution in [1.82, 2.24) is 4.90 Å². The van der Waals surface area contributed by atoms with E-state index in [2.05, 4.69) is 35.9 Å². The van der Waals surface area contributed by atoms with Crippen molar-refractivity contribution in [3.05, 3.63) is 28.8 Å². The topological polar surface area (TPSA) is 6.48 Å². The van der Waals surface area contributed by atoms with Gasteiger partial charge >= 0.3 is 0 Å². The molecule has 1 aromatic rings. The predicted octanol–water partition coefficient (Wildman–Crippen LogP) is 2.79. The highest BCUT2D eigenvalue weighted by Crippen LogP contribution is 2.23. The van der Waals surface area contributed by atoms with E-state index in [9.17, 15) is 0 Å². The average Bonchev–Trinajstić information content (AvgIpc) is 2.41. The van der Waals surface area contributed by atoms with E-state index in [1.165, 1.54) is 24.2 Å². The molecule has 0 unspecified atom stereocenters. The van der Waals surface area contributed by atoms with Gasteiger partial charge in [-0.2, -0.15) is 0 Å². The second-order valence-electron chi connectivity index (χ2n) is 4.63. The van der Waals surface area contributed by atoms with E-state index in [-0.39, 0.29) is 0 Å². The van der Waals surface area contributed by atoms with Crippen LogP contribution in [0.3, 0.4) is 0 Å². The van der Waals surface area contributed by atoms with Gasteiger partial charge in [-0.15, -0.1) is 0 Å². The maximum Gasteiger partial charge on any atom is 0.0429 e. The Morgan fingerprint density at radius 1 is 1.06 bits per heavy atom. The van der Waals surface area contributed by atoms with Crippen LogP contribution in [0.1, 0.15) is 12.0 Å². The van der Waals surface area contributed by atoms with Crippen molar-refractivity contribution in [2.75, 3.05) is 38.1 Å². The first-order chi connectivity index (χ1) is 7.65. The van der Waals surface area contributed by atoms with Crippen LogP contribution in [0.5, 0.6) is 0 Å². The van der Waals surface area contributed by atoms with Gasteiger partial charge < -0.3 is 9.80 Å². The van der Waals surface area contributed by atoms with Crippen molar-refractivity contribution in [2.45, 2.75) is 13.3 Å². The van der Waals surface area contributed by atoms with E-state index in [0.29, 0.717) is 0 Å². The molecule has 0 aromatic heterocycles. The molecule has 2 rings (SSSR count). The quantitative estimate of drug-likeness (QED) is 0.743. The molecule has 0 radical (unpaired) electrons. The molecule has 0 atom stereocenters. The van der Waals surface area contributed by atoms with E-state index < -0.39 is 0 Å². The molecular weight excluding hydrogens is 220 g/mol. The molecule has 0 N–H and O–H groups in total. The molecule has 0 amide bonds. The first-order valence-corrected chi connectivity index (χ1v) is 6.23. The molecule has 3 heteroatoms. The molecule has 2 nitrogen and oxygen atoms in total. The number of rotatable bonds is 1. The zero-order valence-corrected chi connectivity index (χ0v) is 10.8. The predicted molar refractivity (Wildman–Crippen MR) is 70.5 cm³/mol. The summed E-state index contributed by atoms with van der Waals surface area (Å²) in [5, 5.41) is 0.840. The summed E-state index contributed by atoms with van der Waals surface area (Å²) >= 11 is 6.10. The summed E-state index contributed by atoms with van der Waals surface area (Å²) in [6.07, 6.45) is 1.22. The highest BCUT2D eigenvalue weighted by molar-refractivity contribution is 6.30. The summed E-state index contributed by atoms with van der Waals surface area (Å²) in [5.74, 6) is 0. The Labute approximate surface area is 103 Å². The number of hydrogen-bond acceptors (Lipinski definition) is 2. The smallest absolute Gasteiger partial charge is 0.0429 e. The third-order valence-corrected chi connectivity index (χ3v) is 3.33. The lowest BCUT2D eigenvalue weighted by Gasteiger charge is -2.23. The Balaban J connectivity index is 2.16. The van der Waals surface area contributed by atoms with Gasteiger partial charge in [-0.05, 0) is 50.7 Å². The molecule has 1 saturated heterocycles. The summed E-state index contributed by atoms with van der Waals surface area (Å²) in [6.45, 7) is 6.64. The van der Waals surface area contributed by atoms with Crippen LogP contribution in [0.4, 0.5) is 5.69 Å². The van der Waals surface area contributed by atoms with Crippen LogP contribution in [0.2, 0.25) is 5.02 Å². The van der Waals surface area contributed by atoms with Crippen LogP contribution >= 0.6 is 11.6 Å². The van der Waals surface area contributed by atoms with Crippen molar-refractivity contribution >= 4 is 17.3 Å². The molecule has 0 spiro atoms. The fourth-order valence-electron chi connectivity index (χ4n) is 2.20. The molecule has 88 valence electrons. The summed E-state index contributed by atoms with van der Waals surface area (Å²) in [4.78, 5) is 4.82. The van der Waals surface area contributed by atoms with Gasteiger partial charge in [0, 0.05) is 30.3 Å². The van der Waals surface area contributed by atoms with E-state index in [1.807, 2.05) is 6.07 Å². The maximum atomic E-state index is 6.10. The standard InChI is InChI=1S/C13H19ClN2/c1-11-8-12(14)10-13(9-11)16-5-3-4-15(2)6-7-16/h8-10H,3-7H2,1-2H3. The first-order valence-electron chi connectivity index (χ1n) is 5.86. The zero-order valence-electron chi connectivity index (χ0n) is 10.0. The SMILES string of the molecule is Cc1cc(Cl)cc(N2CCCN(C)CC2)c1. The van der Waals surface area contributed by atoms with E-state index in [0.717, 1.165) is 24.7 Å². The van der Waals surface area contributed by atoms with Gasteiger partial charge in [0.15, 0.2) is 0 Å². The molecule has 0 saturated carbocycles. The third-order valence-electron chi connectivity index (χ3n) is 3.11. The Bertz CT molecular complexity index is 345. The van der Waals surface area contributed by atoms with Gasteiger partial charge in [-0.3, -0.25) is 0 Å². The fourth-order valence-corrected chi connectivity index (χ4v) is 2.49. The summed E-state index contributed by atoms with van der Waals surface area (Å²) in [5.41, 5.74) is 2.50. The van der Waals surface area contributed by atoms with Crippen LogP contribution in [0.15, 0.2) is 18.2 Å². The zero-order chi connectivity index (χ0) is 11.5. The minimum atomic E-state index is 0.840. The van der Waals surface area contributed by atoms with Crippen LogP contribution in [0.25, 0.3) is 0 Å². The molecule has 1 aliphatic rings. The number of aryl methyl sites for hydroxylation is 1. The first kappa shape index (κ1) is 11.7. The van der Waals surface area contributed by atoms with Gasteiger partial charge in [0.2, 0.25) is 0 Å². The van der Waals surface area contributed by atoms with Crippen molar-refractivity contribution in [2.24, 2.45) is 0 Å². The number of hydrogen-bond donors (Lipinski definition) is 0. The highest BCUT2D eigenvalue weighted by Gasteiger charge is 2.12. The molecule has 1 aromatic carbocycles. The second-order valence-corrected chi connectivity index (χ2v) is 5.07. The molecule has 1 fully saturated rings. The number of anilines is 1. The normalized spacial score (nSPS) is 18.6. The molecular formula is C13H19ClN2. The van der Waals surface area contributed by atoms with Crippen molar-refractivity contribution in [3.63, 3.8) is 0 Å². The lowest BCUT2D eigenvalue weighted by Crippen LogP contribution is -2.28. The molecule has 16 heavy (non-hydrogen) atoms. The maximum absolute atomic E-state index is 6.10. The van der Waals surface area contributed by atoms with Gasteiger partial charge in [0.1, 0.15) is 0 Å². The minimum absolute atomic E-state index is 0.840. The number of nitrogens with zero attached hydrogens (tertiary/aromatic N) is 2. The van der Waals surface area contributed by atoms with Gasteiger partial charge in [0.05, 0.1) is 0 Å². The van der Waals surface area contributed by atoms with Gasteiger partial charge in [-0.1, -0.05) is 11.6 Å². The fraction of sp³-hybridized carbons (Fsp3) is 0.538. The summed E-state index contributed by atoms with van der Waals surface area (Å²) < 4.78 is 0. The van der Waals surface area contributed by atoms with Crippen molar-refractivity contribution in [1.29, 1.82) is 0 Å². The Morgan fingerprint density at radius 3 is 2.62 bits per heavy atom. The monoisotopic (exact) mass is 238 g/mol. The average molecular weight is 239 g/mol. The van der Waals surface area contributed by atoms with Crippen LogP contribution in [0, 0.1) is 6.92 Å². The van der Waals surface area contributed by atoms with Gasteiger partial charge in [-0.25, -0.2) is 0 Å². The van der Waals surface area contributed by atoms with E-state index in [1.54, 1.807) is 0 Å². The number of halogens is 1. The van der Waals surface area contributed by atoms with E-state index in [4.69, 9.17) is 11.6 Å². The lowest BCUT2D eigenvalue weighted by atomic mass is 10.2. The largest absolute Gasteiger partial charge is 0.370 e. The minimum Gasteiger partial charge on any atom is -0.370 e. The number of likely N-dealkylation sites (N-methyl/N-ethyl adjacent to an activating group) is 1.